The van der Waals surface area contributed by atoms with Crippen LogP contribution in [0.5, 0.6) is 0 Å². The van der Waals surface area contributed by atoms with Crippen LogP contribution in [0.3, 0.4) is 0 Å². The SMILES string of the molecule is Cc1cc(F)ccc1Cc1nc(N2CCOCC2)sc1C(=O)O.Cc1sc(N2CCOCC2)nc1Cc1ccc2ccccc2c1.O=C(O)c1sc(C2=CCOCC2)nc1Cc1ccc(Cl)cc1.O=C(O)c1sc(N2CCOCC2)nc1Cc1ccc(Cl)cc1F.[C-]#[N+]c1c(N2CCOCC2)sc(C)c1Cc1ccc(F)cc1. The number of benzene rings is 6. The maximum atomic E-state index is 13.9. The van der Waals surface area contributed by atoms with Crippen LogP contribution in [0.1, 0.15) is 112 Å². The average molecular weight is 1670 g/mol. The minimum Gasteiger partial charge on any atom is -0.477 e. The van der Waals surface area contributed by atoms with Crippen LogP contribution in [0.25, 0.3) is 21.2 Å². The summed E-state index contributed by atoms with van der Waals surface area (Å²) < 4.78 is 66.9. The van der Waals surface area contributed by atoms with Crippen LogP contribution >= 0.6 is 79.9 Å². The highest BCUT2D eigenvalue weighted by Gasteiger charge is 2.28. The molecule has 0 aliphatic carbocycles. The predicted molar refractivity (Wildman–Crippen MR) is 443 cm³/mol. The summed E-state index contributed by atoms with van der Waals surface area (Å²) in [6, 6.07) is 38.0. The molecular formula is C83H82Cl2F3N9O11S5. The Labute approximate surface area is 682 Å². The summed E-state index contributed by atoms with van der Waals surface area (Å²) in [5.41, 5.74) is 11.0. The highest BCUT2D eigenvalue weighted by molar-refractivity contribution is 7.18. The third-order valence-corrected chi connectivity index (χ3v) is 25.2. The molecule has 3 N–H and O–H groups in total. The Balaban J connectivity index is 0.000000131. The first-order valence-corrected chi connectivity index (χ1v) is 41.4. The molecule has 113 heavy (non-hydrogen) atoms. The van der Waals surface area contributed by atoms with E-state index >= 15 is 0 Å². The molecular weight excluding hydrogens is 1590 g/mol. The number of ether oxygens (including phenoxy) is 5. The summed E-state index contributed by atoms with van der Waals surface area (Å²) in [4.78, 5) is 68.4. The second kappa shape index (κ2) is 40.2. The Kier molecular flexibility index (Phi) is 29.6. The molecule has 5 aliphatic heterocycles. The van der Waals surface area contributed by atoms with Crippen molar-refractivity contribution < 1.29 is 66.6 Å². The van der Waals surface area contributed by atoms with Crippen LogP contribution in [-0.4, -0.2) is 172 Å². The van der Waals surface area contributed by atoms with Gasteiger partial charge in [-0.2, -0.15) is 0 Å². The average Bonchev–Trinajstić information content (AvgIpc) is 1.74. The van der Waals surface area contributed by atoms with E-state index in [0.717, 1.165) is 123 Å². The summed E-state index contributed by atoms with van der Waals surface area (Å²) in [6.45, 7) is 26.6. The molecule has 0 bridgehead atoms. The number of carbonyl (C=O) groups is 3. The highest BCUT2D eigenvalue weighted by Crippen LogP contribution is 2.44. The van der Waals surface area contributed by atoms with Gasteiger partial charge >= 0.3 is 17.9 Å². The molecule has 5 aliphatic rings. The van der Waals surface area contributed by atoms with E-state index in [2.05, 4.69) is 85.9 Å². The van der Waals surface area contributed by atoms with E-state index in [9.17, 15) is 42.9 Å². The molecule has 10 heterocycles. The predicted octanol–water partition coefficient (Wildman–Crippen LogP) is 17.9. The topological polar surface area (TPSA) is 227 Å². The second-order valence-electron chi connectivity index (χ2n) is 26.7. The lowest BCUT2D eigenvalue weighted by Gasteiger charge is -2.28. The molecule has 590 valence electrons. The number of hydrogen-bond acceptors (Lipinski definition) is 21. The van der Waals surface area contributed by atoms with Crippen molar-refractivity contribution in [1.82, 2.24) is 19.9 Å². The Morgan fingerprint density at radius 1 is 0.469 bits per heavy atom. The van der Waals surface area contributed by atoms with Crippen LogP contribution in [-0.2, 0) is 55.8 Å². The Hall–Kier alpha value is -9.19. The van der Waals surface area contributed by atoms with Crippen molar-refractivity contribution in [3.8, 4) is 0 Å². The van der Waals surface area contributed by atoms with E-state index in [0.29, 0.717) is 146 Å². The number of thiazole rings is 4. The van der Waals surface area contributed by atoms with Gasteiger partial charge in [0.25, 0.3) is 0 Å². The van der Waals surface area contributed by atoms with E-state index in [1.54, 1.807) is 65.1 Å². The van der Waals surface area contributed by atoms with Gasteiger partial charge in [0.1, 0.15) is 37.1 Å². The first kappa shape index (κ1) is 83.2. The molecule has 5 aromatic heterocycles. The minimum absolute atomic E-state index is 0.117. The van der Waals surface area contributed by atoms with E-state index in [1.165, 1.54) is 79.9 Å². The van der Waals surface area contributed by atoms with Crippen molar-refractivity contribution in [3.63, 3.8) is 0 Å². The number of carboxylic acids is 3. The molecule has 11 aromatic rings. The molecule has 30 heteroatoms. The van der Waals surface area contributed by atoms with Crippen molar-refractivity contribution >= 4 is 140 Å². The molecule has 4 fully saturated rings. The van der Waals surface area contributed by atoms with Gasteiger partial charge in [-0.1, -0.05) is 131 Å². The number of nitrogens with zero attached hydrogens (tertiary/aromatic N) is 9. The quantitative estimate of drug-likeness (QED) is 0.0679. The number of carboxylic acid groups (broad SMARTS) is 3. The van der Waals surface area contributed by atoms with Gasteiger partial charge in [0, 0.05) is 93.0 Å². The van der Waals surface area contributed by atoms with Gasteiger partial charge < -0.3 is 58.6 Å². The third kappa shape index (κ3) is 22.6. The fraction of sp³-hybridized carbons (Fsp3) is 0.325. The molecule has 16 rings (SSSR count). The summed E-state index contributed by atoms with van der Waals surface area (Å²) in [5.74, 6) is -3.94. The van der Waals surface area contributed by atoms with Crippen molar-refractivity contribution in [2.75, 3.05) is 138 Å². The molecule has 0 radical (unpaired) electrons. The van der Waals surface area contributed by atoms with Crippen LogP contribution in [0.2, 0.25) is 10.0 Å². The van der Waals surface area contributed by atoms with Gasteiger partial charge in [0.05, 0.1) is 100 Å². The Morgan fingerprint density at radius 2 is 0.947 bits per heavy atom. The number of aromatic carboxylic acids is 3. The second-order valence-corrected chi connectivity index (χ2v) is 32.9. The largest absolute Gasteiger partial charge is 0.477 e. The normalized spacial score (nSPS) is 14.9. The number of hydrogen-bond donors (Lipinski definition) is 3. The standard InChI is InChI=1S/C19H20N2OS.C17H17FN2OS.C16H14ClNO3S.C16H17FN2O3S.C15H14ClFN2O3S/c1-14-18(20-19(23-14)21-8-10-22-11-9-21)13-15-6-7-16-4-2-3-5-17(16)12-15;1-12-15(11-13-3-5-14(18)6-4-13)16(19-2)17(22-12)20-7-9-21-10-8-20;17-12-3-1-10(2-4-12)9-13-14(16(19)20)22-15(18-13)11-5-7-21-8-6-11;1-10-8-12(17)3-2-11(10)9-13-14(15(20)21)23-16(18-13)19-4-6-22-7-5-19;16-10-2-1-9(11(17)8-10)7-12-13(14(20)21)23-15(18-12)19-3-5-22-6-4-19/h2-7,12H,8-11,13H2,1H3;3-6H,7-11H2,1H3;1-5H,6-9H2,(H,19,20);2-3,8H,4-7,9H2,1H3,(H,20,21);1-2,8H,3-7H2,(H,20,21). The minimum atomic E-state index is -1.05. The van der Waals surface area contributed by atoms with Gasteiger partial charge in [0.15, 0.2) is 15.4 Å². The smallest absolute Gasteiger partial charge is 0.347 e. The summed E-state index contributed by atoms with van der Waals surface area (Å²) in [6.07, 6.45) is 5.30. The lowest BCUT2D eigenvalue weighted by atomic mass is 10.0. The van der Waals surface area contributed by atoms with E-state index in [-0.39, 0.29) is 27.8 Å². The summed E-state index contributed by atoms with van der Waals surface area (Å²) >= 11 is 18.6. The maximum absolute atomic E-state index is 13.9. The fourth-order valence-corrected chi connectivity index (χ4v) is 18.2. The molecule has 6 aromatic carbocycles. The zero-order chi connectivity index (χ0) is 79.5. The van der Waals surface area contributed by atoms with Crippen LogP contribution < -0.4 is 19.6 Å². The van der Waals surface area contributed by atoms with E-state index < -0.39 is 23.7 Å². The number of fused-ring (bicyclic) bond motifs is 1. The van der Waals surface area contributed by atoms with Gasteiger partial charge in [0.2, 0.25) is 5.69 Å². The third-order valence-electron chi connectivity index (χ3n) is 19.0. The van der Waals surface area contributed by atoms with E-state index in [4.69, 9.17) is 58.4 Å². The van der Waals surface area contributed by atoms with Crippen molar-refractivity contribution in [2.45, 2.75) is 59.3 Å². The zero-order valence-electron chi connectivity index (χ0n) is 62.2. The van der Waals surface area contributed by atoms with Gasteiger partial charge in [-0.3, -0.25) is 0 Å². The Bertz CT molecular complexity index is 5060. The van der Waals surface area contributed by atoms with Gasteiger partial charge in [-0.15, -0.1) is 34.0 Å². The van der Waals surface area contributed by atoms with Crippen LogP contribution in [0, 0.1) is 44.8 Å². The van der Waals surface area contributed by atoms with Crippen LogP contribution in [0.15, 0.2) is 133 Å². The van der Waals surface area contributed by atoms with Crippen molar-refractivity contribution in [3.05, 3.63) is 263 Å². The molecule has 0 unspecified atom stereocenters. The molecule has 0 spiro atoms. The lowest BCUT2D eigenvalue weighted by Crippen LogP contribution is -2.36. The molecule has 0 atom stereocenters. The molecule has 0 amide bonds. The monoisotopic (exact) mass is 1670 g/mol. The number of rotatable bonds is 18. The number of anilines is 4. The summed E-state index contributed by atoms with van der Waals surface area (Å²) in [7, 11) is 0. The highest BCUT2D eigenvalue weighted by atomic mass is 35.5. The first-order chi connectivity index (χ1) is 54.7. The van der Waals surface area contributed by atoms with Crippen molar-refractivity contribution in [1.29, 1.82) is 0 Å². The fourth-order valence-electron chi connectivity index (χ4n) is 12.9. The maximum Gasteiger partial charge on any atom is 0.347 e. The number of halogens is 5. The van der Waals surface area contributed by atoms with E-state index in [1.807, 2.05) is 34.9 Å². The number of aryl methyl sites for hydroxylation is 3. The lowest BCUT2D eigenvalue weighted by molar-refractivity contribution is 0.0690. The molecule has 0 saturated carbocycles. The number of morpholine rings is 4. The van der Waals surface area contributed by atoms with Crippen LogP contribution in [0.4, 0.5) is 39.3 Å². The first-order valence-electron chi connectivity index (χ1n) is 36.6. The number of aromatic nitrogens is 4. The number of thiophene rings is 1. The molecule has 4 saturated heterocycles. The molecule has 20 nitrogen and oxygen atoms in total. The zero-order valence-corrected chi connectivity index (χ0v) is 67.8. The van der Waals surface area contributed by atoms with Gasteiger partial charge in [-0.05, 0) is 142 Å². The van der Waals surface area contributed by atoms with Gasteiger partial charge in [-0.25, -0.2) is 52.3 Å². The van der Waals surface area contributed by atoms with Crippen molar-refractivity contribution in [2.24, 2.45) is 0 Å². The Morgan fingerprint density at radius 3 is 1.50 bits per heavy atom. The summed E-state index contributed by atoms with van der Waals surface area (Å²) in [5, 5.41) is 36.1.